The molecule has 0 radical (unpaired) electrons. The maximum absolute atomic E-state index is 13.1. The summed E-state index contributed by atoms with van der Waals surface area (Å²) in [6.07, 6.45) is 5.91. The molecule has 0 aromatic heterocycles. The number of hydrogen-bond acceptors (Lipinski definition) is 4. The largest absolute Gasteiger partial charge is 0.398 e. The first-order valence-corrected chi connectivity index (χ1v) is 10.9. The standard InChI is InChI=1S/C20H31NO4S/c1-12(2)15-11-16(21)19(17(22)10-14-8-6-5-7-9-14)18(13(3)4)20(15)26(23,24)25/h11-14H,5-10,21H2,1-4H3,(H,23,24,25). The highest BCUT2D eigenvalue weighted by atomic mass is 32.2. The summed E-state index contributed by atoms with van der Waals surface area (Å²) in [5.74, 6) is -0.180. The van der Waals surface area contributed by atoms with Crippen molar-refractivity contribution in [2.75, 3.05) is 5.73 Å². The van der Waals surface area contributed by atoms with Gasteiger partial charge in [0.25, 0.3) is 10.1 Å². The molecule has 26 heavy (non-hydrogen) atoms. The zero-order valence-electron chi connectivity index (χ0n) is 16.2. The molecule has 0 atom stereocenters. The molecule has 6 heteroatoms. The number of benzene rings is 1. The molecule has 0 aliphatic heterocycles. The molecular weight excluding hydrogens is 350 g/mol. The summed E-state index contributed by atoms with van der Waals surface area (Å²) >= 11 is 0. The number of hydrogen-bond donors (Lipinski definition) is 2. The third-order valence-electron chi connectivity index (χ3n) is 5.31. The lowest BCUT2D eigenvalue weighted by Crippen LogP contribution is -2.19. The minimum atomic E-state index is -4.47. The number of Topliss-reactive ketones (excluding diaryl/α,β-unsaturated/α-hetero) is 1. The van der Waals surface area contributed by atoms with Crippen LogP contribution in [0.5, 0.6) is 0 Å². The first-order valence-electron chi connectivity index (χ1n) is 9.51. The Hall–Kier alpha value is -1.40. The lowest BCUT2D eigenvalue weighted by atomic mass is 9.82. The third kappa shape index (κ3) is 4.46. The van der Waals surface area contributed by atoms with Crippen LogP contribution in [0.1, 0.15) is 99.5 Å². The van der Waals surface area contributed by atoms with E-state index >= 15 is 0 Å². The van der Waals surface area contributed by atoms with Gasteiger partial charge < -0.3 is 5.73 Å². The summed E-state index contributed by atoms with van der Waals surface area (Å²) in [7, 11) is -4.47. The molecule has 1 saturated carbocycles. The number of nitrogen functional groups attached to an aromatic ring is 1. The van der Waals surface area contributed by atoms with Crippen molar-refractivity contribution in [1.29, 1.82) is 0 Å². The van der Waals surface area contributed by atoms with Gasteiger partial charge >= 0.3 is 0 Å². The molecule has 0 amide bonds. The first-order chi connectivity index (χ1) is 12.0. The lowest BCUT2D eigenvalue weighted by Gasteiger charge is -2.25. The van der Waals surface area contributed by atoms with Crippen LogP contribution in [0.4, 0.5) is 5.69 Å². The Bertz CT molecular complexity index is 775. The van der Waals surface area contributed by atoms with Crippen LogP contribution in [0.2, 0.25) is 0 Å². The fourth-order valence-corrected chi connectivity index (χ4v) is 5.27. The Morgan fingerprint density at radius 2 is 1.73 bits per heavy atom. The lowest BCUT2D eigenvalue weighted by molar-refractivity contribution is 0.0949. The van der Waals surface area contributed by atoms with Gasteiger partial charge in [0.05, 0.1) is 0 Å². The number of carbonyl (C=O) groups excluding carboxylic acids is 1. The number of anilines is 1. The molecule has 1 aliphatic carbocycles. The number of ketones is 1. The predicted octanol–water partition coefficient (Wildman–Crippen LogP) is 4.92. The first kappa shape index (κ1) is 20.9. The van der Waals surface area contributed by atoms with Crippen molar-refractivity contribution < 1.29 is 17.8 Å². The molecule has 0 bridgehead atoms. The van der Waals surface area contributed by atoms with Gasteiger partial charge in [0.2, 0.25) is 0 Å². The Morgan fingerprint density at radius 1 is 1.15 bits per heavy atom. The van der Waals surface area contributed by atoms with Crippen molar-refractivity contribution in [2.45, 2.75) is 83.0 Å². The van der Waals surface area contributed by atoms with E-state index in [9.17, 15) is 17.8 Å². The van der Waals surface area contributed by atoms with Crippen molar-refractivity contribution >= 4 is 21.6 Å². The SMILES string of the molecule is CC(C)c1cc(N)c(C(=O)CC2CCCCC2)c(C(C)C)c1S(=O)(=O)O. The van der Waals surface area contributed by atoms with Crippen molar-refractivity contribution in [3.8, 4) is 0 Å². The summed E-state index contributed by atoms with van der Waals surface area (Å²) in [5.41, 5.74) is 7.63. The van der Waals surface area contributed by atoms with Crippen LogP contribution in [0.3, 0.4) is 0 Å². The van der Waals surface area contributed by atoms with Crippen molar-refractivity contribution in [3.63, 3.8) is 0 Å². The zero-order valence-corrected chi connectivity index (χ0v) is 17.0. The molecule has 0 unspecified atom stereocenters. The Labute approximate surface area is 157 Å². The van der Waals surface area contributed by atoms with Crippen molar-refractivity contribution in [2.24, 2.45) is 5.92 Å². The predicted molar refractivity (Wildman–Crippen MR) is 104 cm³/mol. The van der Waals surface area contributed by atoms with Crippen LogP contribution in [-0.4, -0.2) is 18.8 Å². The van der Waals surface area contributed by atoms with Crippen molar-refractivity contribution in [3.05, 3.63) is 22.8 Å². The summed E-state index contributed by atoms with van der Waals surface area (Å²) < 4.78 is 34.2. The zero-order chi connectivity index (χ0) is 19.6. The minimum Gasteiger partial charge on any atom is -0.398 e. The van der Waals surface area contributed by atoms with Gasteiger partial charge in [-0.05, 0) is 34.9 Å². The molecule has 1 aromatic carbocycles. The second-order valence-electron chi connectivity index (χ2n) is 8.09. The molecule has 0 spiro atoms. The van der Waals surface area contributed by atoms with Crippen LogP contribution in [0.15, 0.2) is 11.0 Å². The van der Waals surface area contributed by atoms with E-state index in [4.69, 9.17) is 5.73 Å². The third-order valence-corrected chi connectivity index (χ3v) is 6.28. The molecule has 2 rings (SSSR count). The van der Waals surface area contributed by atoms with E-state index in [0.717, 1.165) is 25.7 Å². The van der Waals surface area contributed by atoms with Crippen LogP contribution in [-0.2, 0) is 10.1 Å². The van der Waals surface area contributed by atoms with E-state index in [-0.39, 0.29) is 28.1 Å². The van der Waals surface area contributed by atoms with Gasteiger partial charge in [0.1, 0.15) is 4.90 Å². The van der Waals surface area contributed by atoms with Gasteiger partial charge in [-0.25, -0.2) is 0 Å². The maximum Gasteiger partial charge on any atom is 0.295 e. The summed E-state index contributed by atoms with van der Waals surface area (Å²) in [6.45, 7) is 7.34. The number of rotatable bonds is 6. The van der Waals surface area contributed by atoms with Crippen LogP contribution in [0, 0.1) is 5.92 Å². The molecule has 0 saturated heterocycles. The summed E-state index contributed by atoms with van der Waals surface area (Å²) in [6, 6.07) is 1.55. The van der Waals surface area contributed by atoms with Gasteiger partial charge in [-0.15, -0.1) is 0 Å². The molecule has 1 fully saturated rings. The molecule has 1 aliphatic rings. The van der Waals surface area contributed by atoms with E-state index in [1.54, 1.807) is 6.07 Å². The van der Waals surface area contributed by atoms with E-state index in [1.807, 2.05) is 27.7 Å². The Balaban J connectivity index is 2.63. The van der Waals surface area contributed by atoms with Gasteiger partial charge in [0.15, 0.2) is 5.78 Å². The van der Waals surface area contributed by atoms with Gasteiger partial charge in [-0.3, -0.25) is 9.35 Å². The highest BCUT2D eigenvalue weighted by molar-refractivity contribution is 7.86. The average Bonchev–Trinajstić information content (AvgIpc) is 2.53. The van der Waals surface area contributed by atoms with E-state index in [0.29, 0.717) is 29.2 Å². The second-order valence-corrected chi connectivity index (χ2v) is 9.45. The number of nitrogens with two attached hydrogens (primary N) is 1. The maximum atomic E-state index is 13.1. The summed E-state index contributed by atoms with van der Waals surface area (Å²) in [5, 5.41) is 0. The fourth-order valence-electron chi connectivity index (χ4n) is 4.06. The van der Waals surface area contributed by atoms with Crippen LogP contribution < -0.4 is 5.73 Å². The highest BCUT2D eigenvalue weighted by Gasteiger charge is 2.31. The monoisotopic (exact) mass is 381 g/mol. The Morgan fingerprint density at radius 3 is 2.19 bits per heavy atom. The summed E-state index contributed by atoms with van der Waals surface area (Å²) in [4.78, 5) is 12.9. The molecule has 0 heterocycles. The molecule has 5 nitrogen and oxygen atoms in total. The van der Waals surface area contributed by atoms with E-state index < -0.39 is 10.1 Å². The van der Waals surface area contributed by atoms with E-state index in [1.165, 1.54) is 6.42 Å². The minimum absolute atomic E-state index is 0.113. The fraction of sp³-hybridized carbons (Fsp3) is 0.650. The average molecular weight is 382 g/mol. The molecular formula is C20H31NO4S. The van der Waals surface area contributed by atoms with E-state index in [2.05, 4.69) is 0 Å². The number of carbonyl (C=O) groups is 1. The van der Waals surface area contributed by atoms with Crippen LogP contribution >= 0.6 is 0 Å². The smallest absolute Gasteiger partial charge is 0.295 e. The van der Waals surface area contributed by atoms with Gasteiger partial charge in [-0.1, -0.05) is 59.8 Å². The molecule has 1 aromatic rings. The Kier molecular flexibility index (Phi) is 6.51. The second kappa shape index (κ2) is 8.09. The quantitative estimate of drug-likeness (QED) is 0.414. The van der Waals surface area contributed by atoms with Gasteiger partial charge in [-0.2, -0.15) is 8.42 Å². The molecule has 3 N–H and O–H groups in total. The highest BCUT2D eigenvalue weighted by Crippen LogP contribution is 2.39. The topological polar surface area (TPSA) is 97.5 Å². The van der Waals surface area contributed by atoms with Gasteiger partial charge in [0, 0.05) is 17.7 Å². The molecule has 146 valence electrons. The van der Waals surface area contributed by atoms with Crippen molar-refractivity contribution in [1.82, 2.24) is 0 Å². The van der Waals surface area contributed by atoms with Crippen LogP contribution in [0.25, 0.3) is 0 Å². The normalized spacial score (nSPS) is 16.4.